The van der Waals surface area contributed by atoms with Crippen LogP contribution in [0.5, 0.6) is 0 Å². The third kappa shape index (κ3) is 24.5. The number of carbonyl (C=O) groups excluding carboxylic acids is 2. The molecule has 0 aliphatic heterocycles. The molecule has 0 spiro atoms. The molecular weight excluding hydrogens is 550 g/mol. The molecule has 0 saturated heterocycles. The van der Waals surface area contributed by atoms with Gasteiger partial charge in [0.05, 0.1) is 13.2 Å². The van der Waals surface area contributed by atoms with E-state index in [1.165, 1.54) is 96.3 Å². The van der Waals surface area contributed by atoms with Crippen molar-refractivity contribution in [3.63, 3.8) is 0 Å². The van der Waals surface area contributed by atoms with Crippen molar-refractivity contribution in [3.05, 3.63) is 12.7 Å². The van der Waals surface area contributed by atoms with E-state index < -0.39 is 6.09 Å². The maximum absolute atomic E-state index is 12.6. The first-order chi connectivity index (χ1) is 20.2. The van der Waals surface area contributed by atoms with Gasteiger partial charge in [0.15, 0.2) is 0 Å². The molecule has 0 aromatic carbocycles. The lowest BCUT2D eigenvalue weighted by molar-refractivity contribution is 0.0625. The molecule has 1 saturated carbocycles. The topological polar surface area (TPSA) is 88.7 Å². The van der Waals surface area contributed by atoms with Crippen LogP contribution in [0.4, 0.5) is 9.59 Å². The summed E-state index contributed by atoms with van der Waals surface area (Å²) in [5, 5.41) is 9.19. The minimum absolute atomic E-state index is 0. The van der Waals surface area contributed by atoms with Crippen molar-refractivity contribution in [1.82, 2.24) is 16.0 Å². The van der Waals surface area contributed by atoms with Gasteiger partial charge in [0, 0.05) is 19.1 Å². The Bertz CT molecular complexity index is 715. The van der Waals surface area contributed by atoms with Gasteiger partial charge >= 0.3 is 12.1 Å². The molecule has 3 amide bonds. The number of ether oxygens (including phenoxy) is 2. The second-order valence-electron chi connectivity index (χ2n) is 13.8. The molecule has 2 unspecified atom stereocenters. The van der Waals surface area contributed by atoms with Gasteiger partial charge in [0.2, 0.25) is 0 Å². The van der Waals surface area contributed by atoms with Crippen molar-refractivity contribution < 1.29 is 19.1 Å². The van der Waals surface area contributed by atoms with Crippen LogP contribution in [0.25, 0.3) is 0 Å². The van der Waals surface area contributed by atoms with Gasteiger partial charge in [0.1, 0.15) is 6.61 Å². The summed E-state index contributed by atoms with van der Waals surface area (Å²) in [4.78, 5) is 24.8. The fraction of sp³-hybridized carbons (Fsp3) is 0.892. The number of unbranched alkanes of at least 4 members (excludes halogenated alkanes) is 15. The zero-order valence-electron chi connectivity index (χ0n) is 28.0. The van der Waals surface area contributed by atoms with Gasteiger partial charge in [-0.25, -0.2) is 9.59 Å². The number of hydrogen-bond donors (Lipinski definition) is 3. The third-order valence-corrected chi connectivity index (χ3v) is 8.45. The number of nitrogens with one attached hydrogen (secondary N) is 3. The van der Waals surface area contributed by atoms with Crippen LogP contribution in [0.2, 0.25) is 0 Å². The van der Waals surface area contributed by atoms with Gasteiger partial charge in [0.25, 0.3) is 0 Å². The number of hydrogen-bond acceptors (Lipinski definition) is 4. The first-order valence-electron chi connectivity index (χ1n) is 17.3. The molecule has 0 aromatic heterocycles. The van der Waals surface area contributed by atoms with Crippen LogP contribution >= 0.6 is 0 Å². The molecule has 262 valence electrons. The lowest BCUT2D eigenvalue weighted by Gasteiger charge is -2.46. The quantitative estimate of drug-likeness (QED) is 0.0696. The lowest BCUT2D eigenvalue weighted by Crippen LogP contribution is -2.52. The Kier molecular flexibility index (Phi) is 27.8. The van der Waals surface area contributed by atoms with E-state index in [9.17, 15) is 9.59 Å². The van der Waals surface area contributed by atoms with E-state index in [1.807, 2.05) is 0 Å². The maximum Gasteiger partial charge on any atom is 0.407 e. The largest absolute Gasteiger partial charge is 0.447 e. The minimum Gasteiger partial charge on any atom is -0.447 e. The maximum atomic E-state index is 12.6. The molecule has 44 heavy (non-hydrogen) atoms. The number of alkyl carbamates (subject to hydrolysis) is 1. The third-order valence-electron chi connectivity index (χ3n) is 8.45. The summed E-state index contributed by atoms with van der Waals surface area (Å²) in [6.07, 6.45) is 25.5. The Morgan fingerprint density at radius 1 is 0.773 bits per heavy atom. The van der Waals surface area contributed by atoms with Crippen LogP contribution in [0.15, 0.2) is 12.7 Å². The van der Waals surface area contributed by atoms with Crippen LogP contribution < -0.4 is 16.0 Å². The van der Waals surface area contributed by atoms with Crippen LogP contribution in [0, 0.1) is 10.8 Å². The Hall–Kier alpha value is -1.76. The molecule has 0 radical (unpaired) electrons. The Labute approximate surface area is 273 Å². The van der Waals surface area contributed by atoms with Gasteiger partial charge in [-0.2, -0.15) is 0 Å². The Balaban J connectivity index is 0. The van der Waals surface area contributed by atoms with E-state index >= 15 is 0 Å². The molecule has 1 aliphatic carbocycles. The van der Waals surface area contributed by atoms with E-state index in [4.69, 9.17) is 9.47 Å². The molecule has 7 nitrogen and oxygen atoms in total. The molecule has 1 fully saturated rings. The molecule has 1 aliphatic rings. The van der Waals surface area contributed by atoms with Crippen molar-refractivity contribution in [2.24, 2.45) is 10.8 Å². The second-order valence-corrected chi connectivity index (χ2v) is 13.8. The summed E-state index contributed by atoms with van der Waals surface area (Å²) in [5.41, 5.74) is -0.0467. The number of rotatable bonds is 25. The van der Waals surface area contributed by atoms with Gasteiger partial charge in [-0.05, 0) is 36.5 Å². The lowest BCUT2D eigenvalue weighted by atomic mass is 9.62. The standard InChI is InChI=1S/C35H67N3O4.2CH4/c1-6-8-9-10-11-12-13-14-15-16-17-18-19-20-21-22-23-36-32(39)38-31-27-34(3,4)29-35(5,28-31)30-37-33(40)42-26-25-41-24-7-2;;/h7,31H,2,6,8-30H2,1,3-5H3,(H,37,40)(H2,36,38,39);2*1H4. The van der Waals surface area contributed by atoms with Crippen molar-refractivity contribution in [2.45, 2.75) is 171 Å². The first kappa shape index (κ1) is 44.4. The van der Waals surface area contributed by atoms with E-state index in [0.29, 0.717) is 19.8 Å². The zero-order chi connectivity index (χ0) is 30.9. The summed E-state index contributed by atoms with van der Waals surface area (Å²) >= 11 is 0. The molecule has 0 aromatic rings. The summed E-state index contributed by atoms with van der Waals surface area (Å²) in [7, 11) is 0. The highest BCUT2D eigenvalue weighted by molar-refractivity contribution is 5.74. The van der Waals surface area contributed by atoms with Crippen LogP contribution in [-0.2, 0) is 9.47 Å². The van der Waals surface area contributed by atoms with Crippen molar-refractivity contribution in [2.75, 3.05) is 32.9 Å². The van der Waals surface area contributed by atoms with Gasteiger partial charge in [-0.1, -0.05) is 145 Å². The van der Waals surface area contributed by atoms with Crippen molar-refractivity contribution in [1.29, 1.82) is 0 Å². The fourth-order valence-corrected chi connectivity index (χ4v) is 6.68. The molecule has 0 heterocycles. The van der Waals surface area contributed by atoms with Crippen molar-refractivity contribution in [3.8, 4) is 0 Å². The number of amides is 3. The SMILES string of the molecule is C.C.C=CCOCCOC(=O)NCC1(C)CC(NC(=O)NCCCCCCCCCCCCCCCCCC)CC(C)(C)C1. The summed E-state index contributed by atoms with van der Waals surface area (Å²) < 4.78 is 10.4. The van der Waals surface area contributed by atoms with Crippen LogP contribution in [0.3, 0.4) is 0 Å². The first-order valence-corrected chi connectivity index (χ1v) is 17.3. The van der Waals surface area contributed by atoms with E-state index in [2.05, 4.69) is 50.2 Å². The van der Waals surface area contributed by atoms with Crippen LogP contribution in [-0.4, -0.2) is 51.1 Å². The zero-order valence-corrected chi connectivity index (χ0v) is 28.0. The molecular formula is C37H75N3O4. The van der Waals surface area contributed by atoms with Crippen LogP contribution in [0.1, 0.15) is 165 Å². The normalized spacial score (nSPS) is 18.8. The number of carbonyl (C=O) groups is 2. The predicted molar refractivity (Wildman–Crippen MR) is 189 cm³/mol. The Morgan fingerprint density at radius 3 is 1.82 bits per heavy atom. The molecule has 1 rings (SSSR count). The predicted octanol–water partition coefficient (Wildman–Crippen LogP) is 10.3. The summed E-state index contributed by atoms with van der Waals surface area (Å²) in [5.74, 6) is 0. The highest BCUT2D eigenvalue weighted by atomic mass is 16.6. The van der Waals surface area contributed by atoms with Gasteiger partial charge in [-0.15, -0.1) is 6.58 Å². The smallest absolute Gasteiger partial charge is 0.407 e. The average Bonchev–Trinajstić information content (AvgIpc) is 2.92. The molecule has 7 heteroatoms. The molecule has 2 atom stereocenters. The van der Waals surface area contributed by atoms with E-state index in [0.717, 1.165) is 32.2 Å². The Morgan fingerprint density at radius 2 is 1.30 bits per heavy atom. The van der Waals surface area contributed by atoms with Gasteiger partial charge < -0.3 is 25.4 Å². The van der Waals surface area contributed by atoms with Crippen molar-refractivity contribution >= 4 is 12.1 Å². The number of urea groups is 1. The highest BCUT2D eigenvalue weighted by Gasteiger charge is 2.42. The molecule has 0 bridgehead atoms. The fourth-order valence-electron chi connectivity index (χ4n) is 6.68. The average molecular weight is 626 g/mol. The highest BCUT2D eigenvalue weighted by Crippen LogP contribution is 2.45. The molecule has 3 N–H and O–H groups in total. The second kappa shape index (κ2) is 27.5. The monoisotopic (exact) mass is 626 g/mol. The van der Waals surface area contributed by atoms with E-state index in [1.54, 1.807) is 6.08 Å². The minimum atomic E-state index is -0.428. The van der Waals surface area contributed by atoms with E-state index in [-0.39, 0.29) is 44.4 Å². The summed E-state index contributed by atoms with van der Waals surface area (Å²) in [6.45, 7) is 14.8. The summed E-state index contributed by atoms with van der Waals surface area (Å²) in [6, 6.07) is 0.00238. The van der Waals surface area contributed by atoms with Gasteiger partial charge in [-0.3, -0.25) is 0 Å².